The molecule has 0 saturated heterocycles. The molecule has 2 rings (SSSR count). The highest BCUT2D eigenvalue weighted by Crippen LogP contribution is 2.31. The maximum Gasteiger partial charge on any atom is 0.433 e. The molecule has 2 N–H and O–H groups in total. The van der Waals surface area contributed by atoms with Gasteiger partial charge < -0.3 is 10.5 Å². The predicted molar refractivity (Wildman–Crippen MR) is 58.8 cm³/mol. The summed E-state index contributed by atoms with van der Waals surface area (Å²) in [6.45, 7) is 0. The van der Waals surface area contributed by atoms with E-state index in [4.69, 9.17) is 10.5 Å². The van der Waals surface area contributed by atoms with Gasteiger partial charge in [-0.25, -0.2) is 4.98 Å². The third-order valence-corrected chi connectivity index (χ3v) is 2.18. The summed E-state index contributed by atoms with van der Waals surface area (Å²) in [6, 6.07) is 1.27. The molecule has 0 spiro atoms. The lowest BCUT2D eigenvalue weighted by Crippen LogP contribution is -2.16. The zero-order valence-corrected chi connectivity index (χ0v) is 10.0. The number of amides is 1. The summed E-state index contributed by atoms with van der Waals surface area (Å²) >= 11 is 0. The number of hydrogen-bond donors (Lipinski definition) is 1. The average molecular weight is 287 g/mol. The Bertz CT molecular complexity index is 653. The van der Waals surface area contributed by atoms with Crippen LogP contribution in [0.15, 0.2) is 18.5 Å². The Hall–Kier alpha value is -2.65. The van der Waals surface area contributed by atoms with Gasteiger partial charge in [0.2, 0.25) is 5.88 Å². The fourth-order valence-electron chi connectivity index (χ4n) is 1.32. The number of carbonyl (C=O) groups excluding carboxylic acids is 1. The number of rotatable bonds is 3. The first kappa shape index (κ1) is 13.8. The minimum atomic E-state index is -4.67. The molecule has 0 aromatic carbocycles. The van der Waals surface area contributed by atoms with E-state index in [-0.39, 0.29) is 11.6 Å². The lowest BCUT2D eigenvalue weighted by molar-refractivity contribution is -0.141. The molecule has 0 atom stereocenters. The van der Waals surface area contributed by atoms with Crippen molar-refractivity contribution in [3.05, 3.63) is 29.7 Å². The molecule has 2 heterocycles. The molecule has 0 fully saturated rings. The maximum absolute atomic E-state index is 12.6. The molecule has 7 nitrogen and oxygen atoms in total. The summed E-state index contributed by atoms with van der Waals surface area (Å²) < 4.78 is 44.0. The number of aryl methyl sites for hydroxylation is 1. The van der Waals surface area contributed by atoms with Crippen LogP contribution >= 0.6 is 0 Å². The van der Waals surface area contributed by atoms with Crippen LogP contribution < -0.4 is 10.5 Å². The zero-order chi connectivity index (χ0) is 14.9. The molecule has 106 valence electrons. The minimum Gasteiger partial charge on any atom is -0.403 e. The van der Waals surface area contributed by atoms with Crippen LogP contribution in [0, 0.1) is 0 Å². The summed E-state index contributed by atoms with van der Waals surface area (Å²) in [5.41, 5.74) is 3.53. The molecule has 0 bridgehead atoms. The van der Waals surface area contributed by atoms with Gasteiger partial charge in [0, 0.05) is 7.05 Å². The van der Waals surface area contributed by atoms with Gasteiger partial charge in [0.15, 0.2) is 0 Å². The second kappa shape index (κ2) is 4.79. The summed E-state index contributed by atoms with van der Waals surface area (Å²) in [4.78, 5) is 18.0. The fraction of sp³-hybridized carbons (Fsp3) is 0.200. The number of nitrogens with zero attached hydrogens (tertiary/aromatic N) is 4. The normalized spacial score (nSPS) is 11.4. The van der Waals surface area contributed by atoms with Crippen molar-refractivity contribution >= 4 is 5.91 Å². The van der Waals surface area contributed by atoms with Gasteiger partial charge in [0.05, 0.1) is 0 Å². The van der Waals surface area contributed by atoms with Crippen molar-refractivity contribution in [3.8, 4) is 11.9 Å². The number of hydrogen-bond acceptors (Lipinski definition) is 5. The number of nitrogens with two attached hydrogens (primary N) is 1. The van der Waals surface area contributed by atoms with Crippen molar-refractivity contribution in [1.29, 1.82) is 0 Å². The van der Waals surface area contributed by atoms with E-state index in [2.05, 4.69) is 15.1 Å². The number of halogens is 3. The van der Waals surface area contributed by atoms with E-state index in [1.807, 2.05) is 0 Å². The Morgan fingerprint density at radius 1 is 1.40 bits per heavy atom. The van der Waals surface area contributed by atoms with Crippen molar-refractivity contribution in [2.24, 2.45) is 12.8 Å². The van der Waals surface area contributed by atoms with Crippen molar-refractivity contribution < 1.29 is 22.7 Å². The van der Waals surface area contributed by atoms with Gasteiger partial charge in [-0.3, -0.25) is 9.48 Å². The molecule has 10 heteroatoms. The van der Waals surface area contributed by atoms with Crippen molar-refractivity contribution in [3.63, 3.8) is 0 Å². The molecule has 2 aromatic rings. The number of alkyl halides is 3. The molecule has 1 amide bonds. The van der Waals surface area contributed by atoms with Gasteiger partial charge in [0.1, 0.15) is 17.6 Å². The third-order valence-electron chi connectivity index (χ3n) is 2.18. The number of aromatic nitrogens is 4. The van der Waals surface area contributed by atoms with E-state index in [0.29, 0.717) is 6.07 Å². The second-order valence-electron chi connectivity index (χ2n) is 3.71. The van der Waals surface area contributed by atoms with Crippen LogP contribution in [0.5, 0.6) is 11.9 Å². The van der Waals surface area contributed by atoms with E-state index < -0.39 is 23.7 Å². The standard InChI is InChI=1S/C10H8F3N5O2/c1-18-4-15-9(17-18)20-8-5(7(14)19)2-3-6(16-8)10(11,12)13/h2-4H,1H3,(H2,14,19). The maximum atomic E-state index is 12.6. The highest BCUT2D eigenvalue weighted by molar-refractivity contribution is 5.95. The van der Waals surface area contributed by atoms with Gasteiger partial charge in [-0.1, -0.05) is 0 Å². The Morgan fingerprint density at radius 3 is 2.60 bits per heavy atom. The second-order valence-corrected chi connectivity index (χ2v) is 3.71. The highest BCUT2D eigenvalue weighted by Gasteiger charge is 2.34. The fourth-order valence-corrected chi connectivity index (χ4v) is 1.32. The first-order chi connectivity index (χ1) is 9.27. The summed E-state index contributed by atoms with van der Waals surface area (Å²) in [5.74, 6) is -1.57. The number of carbonyl (C=O) groups is 1. The molecule has 0 aliphatic rings. The van der Waals surface area contributed by atoms with Gasteiger partial charge in [-0.15, -0.1) is 5.10 Å². The first-order valence-corrected chi connectivity index (χ1v) is 5.19. The van der Waals surface area contributed by atoms with E-state index in [1.165, 1.54) is 18.1 Å². The SMILES string of the molecule is Cn1cnc(Oc2nc(C(F)(F)F)ccc2C(N)=O)n1. The number of primary amides is 1. The van der Waals surface area contributed by atoms with Gasteiger partial charge in [-0.05, 0) is 12.1 Å². The molecule has 0 radical (unpaired) electrons. The van der Waals surface area contributed by atoms with Crippen LogP contribution in [-0.4, -0.2) is 25.7 Å². The van der Waals surface area contributed by atoms with Gasteiger partial charge in [-0.2, -0.15) is 18.2 Å². The molecular weight excluding hydrogens is 279 g/mol. The molecule has 0 unspecified atom stereocenters. The predicted octanol–water partition coefficient (Wildman–Crippen LogP) is 1.12. The van der Waals surface area contributed by atoms with Gasteiger partial charge in [0.25, 0.3) is 5.91 Å². The topological polar surface area (TPSA) is 95.9 Å². The Labute approximate surface area is 110 Å². The van der Waals surface area contributed by atoms with E-state index in [1.54, 1.807) is 0 Å². The number of pyridine rings is 1. The van der Waals surface area contributed by atoms with Crippen LogP contribution in [0.4, 0.5) is 13.2 Å². The summed E-state index contributed by atoms with van der Waals surface area (Å²) in [6.07, 6.45) is -3.40. The van der Waals surface area contributed by atoms with E-state index >= 15 is 0 Å². The zero-order valence-electron chi connectivity index (χ0n) is 10.0. The average Bonchev–Trinajstić information content (AvgIpc) is 2.73. The first-order valence-electron chi connectivity index (χ1n) is 5.19. The molecule has 0 aliphatic carbocycles. The Morgan fingerprint density at radius 2 is 2.10 bits per heavy atom. The molecule has 20 heavy (non-hydrogen) atoms. The van der Waals surface area contributed by atoms with E-state index in [9.17, 15) is 18.0 Å². The minimum absolute atomic E-state index is 0.248. The quantitative estimate of drug-likeness (QED) is 0.912. The largest absolute Gasteiger partial charge is 0.433 e. The smallest absolute Gasteiger partial charge is 0.403 e. The van der Waals surface area contributed by atoms with Crippen molar-refractivity contribution in [1.82, 2.24) is 19.7 Å². The third kappa shape index (κ3) is 2.84. The Kier molecular flexibility index (Phi) is 3.30. The van der Waals surface area contributed by atoms with Crippen LogP contribution in [0.1, 0.15) is 16.1 Å². The molecule has 0 aliphatic heterocycles. The van der Waals surface area contributed by atoms with Crippen LogP contribution in [0.3, 0.4) is 0 Å². The molecule has 2 aromatic heterocycles. The van der Waals surface area contributed by atoms with Crippen molar-refractivity contribution in [2.75, 3.05) is 0 Å². The Balaban J connectivity index is 2.44. The van der Waals surface area contributed by atoms with Crippen LogP contribution in [-0.2, 0) is 13.2 Å². The monoisotopic (exact) mass is 287 g/mol. The highest BCUT2D eigenvalue weighted by atomic mass is 19.4. The summed E-state index contributed by atoms with van der Waals surface area (Å²) in [5, 5.41) is 3.71. The van der Waals surface area contributed by atoms with Crippen LogP contribution in [0.2, 0.25) is 0 Å². The van der Waals surface area contributed by atoms with Crippen LogP contribution in [0.25, 0.3) is 0 Å². The van der Waals surface area contributed by atoms with E-state index in [0.717, 1.165) is 6.07 Å². The lowest BCUT2D eigenvalue weighted by Gasteiger charge is -2.09. The molecule has 0 saturated carbocycles. The summed E-state index contributed by atoms with van der Waals surface area (Å²) in [7, 11) is 1.54. The van der Waals surface area contributed by atoms with Gasteiger partial charge >= 0.3 is 12.2 Å². The lowest BCUT2D eigenvalue weighted by atomic mass is 10.2. The molecular formula is C10H8F3N5O2. The number of ether oxygens (including phenoxy) is 1. The van der Waals surface area contributed by atoms with Crippen molar-refractivity contribution in [2.45, 2.75) is 6.18 Å².